The summed E-state index contributed by atoms with van der Waals surface area (Å²) in [5.41, 5.74) is 3.53. The topological polar surface area (TPSA) is 63.7 Å². The number of esters is 1. The maximum absolute atomic E-state index is 12.9. The van der Waals surface area contributed by atoms with E-state index in [1.807, 2.05) is 36.2 Å². The fourth-order valence-electron chi connectivity index (χ4n) is 4.27. The molecule has 0 atom stereocenters. The van der Waals surface area contributed by atoms with E-state index in [9.17, 15) is 14.4 Å². The molecule has 166 valence electrons. The SMILES string of the molecule is CN1C(=CC(=O)COC(=O)c2ccccc2C(=O)c2ccccc2)C(C)(C)c2ccccc21. The molecular weight excluding hydrogens is 414 g/mol. The van der Waals surface area contributed by atoms with Crippen LogP contribution < -0.4 is 4.90 Å². The van der Waals surface area contributed by atoms with Gasteiger partial charge in [0.2, 0.25) is 0 Å². The highest BCUT2D eigenvalue weighted by Gasteiger charge is 2.38. The second kappa shape index (κ2) is 8.87. The number of anilines is 1. The molecule has 0 unspecified atom stereocenters. The molecular formula is C28H25NO4. The Kier molecular flexibility index (Phi) is 5.97. The monoisotopic (exact) mass is 439 g/mol. The smallest absolute Gasteiger partial charge is 0.339 e. The summed E-state index contributed by atoms with van der Waals surface area (Å²) in [7, 11) is 1.92. The highest BCUT2D eigenvalue weighted by atomic mass is 16.5. The molecule has 5 heteroatoms. The molecule has 3 aromatic rings. The average Bonchev–Trinajstić information content (AvgIpc) is 3.03. The Morgan fingerprint density at radius 1 is 0.848 bits per heavy atom. The lowest BCUT2D eigenvalue weighted by Gasteiger charge is -2.23. The molecule has 0 fully saturated rings. The Morgan fingerprint density at radius 2 is 1.45 bits per heavy atom. The first-order valence-corrected chi connectivity index (χ1v) is 10.7. The second-order valence-electron chi connectivity index (χ2n) is 8.51. The fraction of sp³-hybridized carbons (Fsp3) is 0.179. The molecule has 0 aliphatic carbocycles. The molecule has 4 rings (SSSR count). The number of benzene rings is 3. The third-order valence-corrected chi connectivity index (χ3v) is 6.01. The third-order valence-electron chi connectivity index (χ3n) is 6.01. The molecule has 0 amide bonds. The molecule has 1 aliphatic rings. The van der Waals surface area contributed by atoms with Gasteiger partial charge >= 0.3 is 5.97 Å². The van der Waals surface area contributed by atoms with Gasteiger partial charge in [0.15, 0.2) is 18.2 Å². The van der Waals surface area contributed by atoms with Gasteiger partial charge in [-0.1, -0.05) is 80.6 Å². The number of hydrogen-bond donors (Lipinski definition) is 0. The van der Waals surface area contributed by atoms with Crippen LogP contribution in [0, 0.1) is 0 Å². The van der Waals surface area contributed by atoms with Crippen LogP contribution in [0.3, 0.4) is 0 Å². The molecule has 1 aliphatic heterocycles. The predicted octanol–water partition coefficient (Wildman–Crippen LogP) is 4.96. The number of carbonyl (C=O) groups excluding carboxylic acids is 3. The number of ether oxygens (including phenoxy) is 1. The largest absolute Gasteiger partial charge is 0.454 e. The van der Waals surface area contributed by atoms with Crippen LogP contribution in [0.1, 0.15) is 45.7 Å². The Balaban J connectivity index is 1.49. The minimum absolute atomic E-state index is 0.137. The van der Waals surface area contributed by atoms with Crippen molar-refractivity contribution in [1.82, 2.24) is 0 Å². The van der Waals surface area contributed by atoms with Gasteiger partial charge in [0.1, 0.15) is 0 Å². The fourth-order valence-corrected chi connectivity index (χ4v) is 4.27. The lowest BCUT2D eigenvalue weighted by Crippen LogP contribution is -2.25. The van der Waals surface area contributed by atoms with Gasteiger partial charge in [-0.3, -0.25) is 9.59 Å². The summed E-state index contributed by atoms with van der Waals surface area (Å²) in [5.74, 6) is -1.30. The van der Waals surface area contributed by atoms with Gasteiger partial charge in [-0.2, -0.15) is 0 Å². The van der Waals surface area contributed by atoms with Crippen molar-refractivity contribution in [2.24, 2.45) is 0 Å². The summed E-state index contributed by atoms with van der Waals surface area (Å²) < 4.78 is 5.30. The van der Waals surface area contributed by atoms with E-state index in [1.54, 1.807) is 42.5 Å². The number of allylic oxidation sites excluding steroid dienone is 1. The zero-order chi connectivity index (χ0) is 23.6. The van der Waals surface area contributed by atoms with Crippen molar-refractivity contribution < 1.29 is 19.1 Å². The van der Waals surface area contributed by atoms with Gasteiger partial charge in [0.25, 0.3) is 0 Å². The molecule has 33 heavy (non-hydrogen) atoms. The Morgan fingerprint density at radius 3 is 2.15 bits per heavy atom. The molecule has 3 aromatic carbocycles. The number of carbonyl (C=O) groups is 3. The van der Waals surface area contributed by atoms with Crippen LogP contribution in [-0.2, 0) is 14.9 Å². The number of fused-ring (bicyclic) bond motifs is 1. The minimum Gasteiger partial charge on any atom is -0.454 e. The summed E-state index contributed by atoms with van der Waals surface area (Å²) in [6, 6.07) is 23.2. The number of hydrogen-bond acceptors (Lipinski definition) is 5. The van der Waals surface area contributed by atoms with Crippen LogP contribution in [-0.4, -0.2) is 31.2 Å². The molecule has 0 aromatic heterocycles. The number of para-hydroxylation sites is 1. The van der Waals surface area contributed by atoms with Crippen molar-refractivity contribution in [2.75, 3.05) is 18.6 Å². The van der Waals surface area contributed by atoms with E-state index < -0.39 is 12.6 Å². The van der Waals surface area contributed by atoms with E-state index in [0.717, 1.165) is 16.9 Å². The predicted molar refractivity (Wildman–Crippen MR) is 128 cm³/mol. The highest BCUT2D eigenvalue weighted by molar-refractivity contribution is 6.14. The van der Waals surface area contributed by atoms with Crippen LogP contribution in [0.25, 0.3) is 0 Å². The highest BCUT2D eigenvalue weighted by Crippen LogP contribution is 2.46. The first kappa shape index (κ1) is 22.2. The standard InChI is InChI=1S/C28H25NO4/c1-28(2)23-15-9-10-16-24(23)29(3)25(28)17-20(30)18-33-27(32)22-14-8-7-13-21(22)26(31)19-11-5-4-6-12-19/h4-17H,18H2,1-3H3. The van der Waals surface area contributed by atoms with Gasteiger partial charge in [-0.25, -0.2) is 4.79 Å². The number of nitrogens with zero attached hydrogens (tertiary/aromatic N) is 1. The second-order valence-corrected chi connectivity index (χ2v) is 8.51. The summed E-state index contributed by atoms with van der Waals surface area (Å²) >= 11 is 0. The van der Waals surface area contributed by atoms with Gasteiger partial charge in [0.05, 0.1) is 5.56 Å². The van der Waals surface area contributed by atoms with Gasteiger partial charge in [-0.05, 0) is 17.7 Å². The normalized spacial score (nSPS) is 15.2. The maximum atomic E-state index is 12.9. The number of ketones is 2. The van der Waals surface area contributed by atoms with Crippen molar-refractivity contribution in [3.63, 3.8) is 0 Å². The minimum atomic E-state index is -0.705. The molecule has 1 heterocycles. The van der Waals surface area contributed by atoms with Crippen LogP contribution in [0.5, 0.6) is 0 Å². The van der Waals surface area contributed by atoms with Gasteiger partial charge in [0, 0.05) is 41.1 Å². The first-order chi connectivity index (χ1) is 15.8. The zero-order valence-electron chi connectivity index (χ0n) is 18.9. The van der Waals surface area contributed by atoms with Crippen LogP contribution in [0.4, 0.5) is 5.69 Å². The van der Waals surface area contributed by atoms with E-state index in [-0.39, 0.29) is 28.1 Å². The van der Waals surface area contributed by atoms with E-state index in [1.165, 1.54) is 12.1 Å². The molecule has 0 bridgehead atoms. The lowest BCUT2D eigenvalue weighted by molar-refractivity contribution is -0.117. The van der Waals surface area contributed by atoms with Crippen LogP contribution in [0.2, 0.25) is 0 Å². The van der Waals surface area contributed by atoms with E-state index in [0.29, 0.717) is 5.56 Å². The van der Waals surface area contributed by atoms with Crippen molar-refractivity contribution in [3.05, 3.63) is 113 Å². The van der Waals surface area contributed by atoms with Crippen molar-refractivity contribution in [2.45, 2.75) is 19.3 Å². The lowest BCUT2D eigenvalue weighted by atomic mass is 9.83. The first-order valence-electron chi connectivity index (χ1n) is 10.7. The third kappa shape index (κ3) is 4.22. The molecule has 5 nitrogen and oxygen atoms in total. The summed E-state index contributed by atoms with van der Waals surface area (Å²) in [4.78, 5) is 40.3. The number of likely N-dealkylation sites (N-methyl/N-ethyl adjacent to an activating group) is 1. The van der Waals surface area contributed by atoms with Crippen molar-refractivity contribution in [1.29, 1.82) is 0 Å². The summed E-state index contributed by atoms with van der Waals surface area (Å²) in [5, 5.41) is 0. The Hall–Kier alpha value is -3.99. The molecule has 0 N–H and O–H groups in total. The summed E-state index contributed by atoms with van der Waals surface area (Å²) in [6.07, 6.45) is 1.54. The molecule has 0 spiro atoms. The molecule has 0 radical (unpaired) electrons. The molecule has 0 saturated carbocycles. The number of rotatable bonds is 6. The van der Waals surface area contributed by atoms with Crippen LogP contribution in [0.15, 0.2) is 90.6 Å². The van der Waals surface area contributed by atoms with E-state index >= 15 is 0 Å². The van der Waals surface area contributed by atoms with E-state index in [2.05, 4.69) is 19.9 Å². The van der Waals surface area contributed by atoms with Crippen LogP contribution >= 0.6 is 0 Å². The molecule has 0 saturated heterocycles. The average molecular weight is 440 g/mol. The Bertz CT molecular complexity index is 1260. The summed E-state index contributed by atoms with van der Waals surface area (Å²) in [6.45, 7) is 3.72. The zero-order valence-corrected chi connectivity index (χ0v) is 18.9. The Labute approximate surface area is 193 Å². The van der Waals surface area contributed by atoms with Gasteiger partial charge in [-0.15, -0.1) is 0 Å². The van der Waals surface area contributed by atoms with Gasteiger partial charge < -0.3 is 9.64 Å². The van der Waals surface area contributed by atoms with E-state index in [4.69, 9.17) is 4.74 Å². The maximum Gasteiger partial charge on any atom is 0.339 e. The quantitative estimate of drug-likeness (QED) is 0.309. The van der Waals surface area contributed by atoms with Crippen molar-refractivity contribution in [3.8, 4) is 0 Å². The van der Waals surface area contributed by atoms with Crippen molar-refractivity contribution >= 4 is 23.2 Å².